The molecule has 0 aliphatic carbocycles. The largest absolute Gasteiger partial charge is 0.383 e. The number of rotatable bonds is 3. The standard InChI is InChI=1S/C13H16N4O/c1-3-9-4-6-10(7-5-9)17(2)13(18)11-8-15-16-12(11)14/h4-8H,3H2,1-2H3,(H3,14,15,16). The van der Waals surface area contributed by atoms with Crippen LogP contribution in [-0.2, 0) is 6.42 Å². The zero-order valence-electron chi connectivity index (χ0n) is 10.5. The van der Waals surface area contributed by atoms with Gasteiger partial charge in [-0.3, -0.25) is 9.89 Å². The SMILES string of the molecule is CCc1ccc(N(C)C(=O)c2cn[nH]c2N)cc1. The number of carbonyl (C=O) groups excluding carboxylic acids is 1. The number of benzene rings is 1. The predicted molar refractivity (Wildman–Crippen MR) is 71.6 cm³/mol. The molecule has 0 saturated carbocycles. The van der Waals surface area contributed by atoms with Crippen molar-refractivity contribution >= 4 is 17.4 Å². The summed E-state index contributed by atoms with van der Waals surface area (Å²) < 4.78 is 0. The quantitative estimate of drug-likeness (QED) is 0.865. The first kappa shape index (κ1) is 12.2. The zero-order chi connectivity index (χ0) is 13.1. The Morgan fingerprint density at radius 1 is 1.39 bits per heavy atom. The summed E-state index contributed by atoms with van der Waals surface area (Å²) in [6, 6.07) is 7.87. The highest BCUT2D eigenvalue weighted by atomic mass is 16.2. The number of amides is 1. The molecule has 5 heteroatoms. The van der Waals surface area contributed by atoms with Gasteiger partial charge in [0.15, 0.2) is 0 Å². The summed E-state index contributed by atoms with van der Waals surface area (Å²) >= 11 is 0. The first-order valence-electron chi connectivity index (χ1n) is 5.79. The van der Waals surface area contributed by atoms with Crippen molar-refractivity contribution in [3.05, 3.63) is 41.6 Å². The number of hydrogen-bond donors (Lipinski definition) is 2. The van der Waals surface area contributed by atoms with Crippen LogP contribution in [0.4, 0.5) is 11.5 Å². The number of nitrogens with one attached hydrogen (secondary N) is 1. The van der Waals surface area contributed by atoms with E-state index in [1.165, 1.54) is 11.8 Å². The average molecular weight is 244 g/mol. The lowest BCUT2D eigenvalue weighted by molar-refractivity contribution is 0.0994. The smallest absolute Gasteiger partial charge is 0.263 e. The van der Waals surface area contributed by atoms with Crippen molar-refractivity contribution < 1.29 is 4.79 Å². The van der Waals surface area contributed by atoms with Gasteiger partial charge in [0, 0.05) is 12.7 Å². The zero-order valence-corrected chi connectivity index (χ0v) is 10.5. The molecule has 0 spiro atoms. The van der Waals surface area contributed by atoms with E-state index in [9.17, 15) is 4.79 Å². The predicted octanol–water partition coefficient (Wildman–Crippen LogP) is 1.83. The maximum Gasteiger partial charge on any atom is 0.263 e. The second-order valence-electron chi connectivity index (χ2n) is 4.08. The van der Waals surface area contributed by atoms with Gasteiger partial charge in [-0.2, -0.15) is 5.10 Å². The van der Waals surface area contributed by atoms with Gasteiger partial charge in [-0.1, -0.05) is 19.1 Å². The highest BCUT2D eigenvalue weighted by Crippen LogP contribution is 2.18. The highest BCUT2D eigenvalue weighted by molar-refractivity contribution is 6.08. The second-order valence-corrected chi connectivity index (χ2v) is 4.08. The van der Waals surface area contributed by atoms with Crippen molar-refractivity contribution in [1.29, 1.82) is 0 Å². The fourth-order valence-corrected chi connectivity index (χ4v) is 1.72. The topological polar surface area (TPSA) is 75.0 Å². The van der Waals surface area contributed by atoms with E-state index < -0.39 is 0 Å². The minimum Gasteiger partial charge on any atom is -0.383 e. The summed E-state index contributed by atoms with van der Waals surface area (Å²) in [6.07, 6.45) is 2.42. The summed E-state index contributed by atoms with van der Waals surface area (Å²) in [4.78, 5) is 13.7. The van der Waals surface area contributed by atoms with Gasteiger partial charge in [0.25, 0.3) is 5.91 Å². The van der Waals surface area contributed by atoms with E-state index in [4.69, 9.17) is 5.73 Å². The average Bonchev–Trinajstić information content (AvgIpc) is 2.83. The van der Waals surface area contributed by atoms with Crippen molar-refractivity contribution in [2.24, 2.45) is 0 Å². The third-order valence-electron chi connectivity index (χ3n) is 2.94. The number of nitrogens with zero attached hydrogens (tertiary/aromatic N) is 2. The summed E-state index contributed by atoms with van der Waals surface area (Å²) in [7, 11) is 1.72. The Morgan fingerprint density at radius 3 is 2.56 bits per heavy atom. The van der Waals surface area contributed by atoms with Crippen molar-refractivity contribution in [1.82, 2.24) is 10.2 Å². The second kappa shape index (κ2) is 4.91. The third kappa shape index (κ3) is 2.20. The molecule has 0 radical (unpaired) electrons. The van der Waals surface area contributed by atoms with Gasteiger partial charge >= 0.3 is 0 Å². The van der Waals surface area contributed by atoms with Crippen LogP contribution in [0.15, 0.2) is 30.5 Å². The third-order valence-corrected chi connectivity index (χ3v) is 2.94. The molecule has 0 fully saturated rings. The van der Waals surface area contributed by atoms with Gasteiger partial charge in [0.1, 0.15) is 11.4 Å². The fraction of sp³-hybridized carbons (Fsp3) is 0.231. The summed E-state index contributed by atoms with van der Waals surface area (Å²) in [5.74, 6) is 0.113. The Kier molecular flexibility index (Phi) is 3.32. The molecule has 0 aliphatic heterocycles. The number of H-pyrrole nitrogens is 1. The normalized spacial score (nSPS) is 10.3. The number of carbonyl (C=O) groups is 1. The molecule has 1 heterocycles. The molecule has 1 amide bonds. The molecule has 0 saturated heterocycles. The number of aromatic nitrogens is 2. The Bertz CT molecular complexity index is 544. The lowest BCUT2D eigenvalue weighted by Gasteiger charge is -2.17. The van der Waals surface area contributed by atoms with Gasteiger partial charge in [-0.25, -0.2) is 0 Å². The minimum absolute atomic E-state index is 0.175. The maximum atomic E-state index is 12.2. The lowest BCUT2D eigenvalue weighted by Crippen LogP contribution is -2.26. The number of nitrogen functional groups attached to an aromatic ring is 1. The molecule has 5 nitrogen and oxygen atoms in total. The van der Waals surface area contributed by atoms with Crippen LogP contribution in [0.3, 0.4) is 0 Å². The van der Waals surface area contributed by atoms with Gasteiger partial charge < -0.3 is 10.6 Å². The highest BCUT2D eigenvalue weighted by Gasteiger charge is 2.17. The molecule has 0 bridgehead atoms. The van der Waals surface area contributed by atoms with Gasteiger partial charge in [0.2, 0.25) is 0 Å². The van der Waals surface area contributed by atoms with E-state index in [0.29, 0.717) is 5.56 Å². The van der Waals surface area contributed by atoms with Crippen molar-refractivity contribution in [3.63, 3.8) is 0 Å². The van der Waals surface area contributed by atoms with Crippen molar-refractivity contribution in [2.45, 2.75) is 13.3 Å². The first-order chi connectivity index (χ1) is 8.63. The molecular formula is C13H16N4O. The van der Waals surface area contributed by atoms with Crippen LogP contribution in [0, 0.1) is 0 Å². The number of nitrogens with two attached hydrogens (primary N) is 1. The molecule has 1 aromatic heterocycles. The molecule has 2 aromatic rings. The Hall–Kier alpha value is -2.30. The summed E-state index contributed by atoms with van der Waals surface area (Å²) in [6.45, 7) is 2.09. The number of anilines is 2. The molecule has 18 heavy (non-hydrogen) atoms. The van der Waals surface area contributed by atoms with Gasteiger partial charge in [-0.05, 0) is 24.1 Å². The Balaban J connectivity index is 2.23. The molecule has 0 unspecified atom stereocenters. The first-order valence-corrected chi connectivity index (χ1v) is 5.79. The van der Waals surface area contributed by atoms with E-state index >= 15 is 0 Å². The van der Waals surface area contributed by atoms with Crippen LogP contribution < -0.4 is 10.6 Å². The maximum absolute atomic E-state index is 12.2. The Labute approximate surface area is 106 Å². The van der Waals surface area contributed by atoms with Gasteiger partial charge in [0.05, 0.1) is 6.20 Å². The van der Waals surface area contributed by atoms with E-state index in [-0.39, 0.29) is 11.7 Å². The van der Waals surface area contributed by atoms with Crippen LogP contribution in [0.2, 0.25) is 0 Å². The van der Waals surface area contributed by atoms with Gasteiger partial charge in [-0.15, -0.1) is 0 Å². The van der Waals surface area contributed by atoms with Crippen LogP contribution in [0.5, 0.6) is 0 Å². The molecular weight excluding hydrogens is 228 g/mol. The minimum atomic E-state index is -0.175. The fourth-order valence-electron chi connectivity index (χ4n) is 1.72. The number of aromatic amines is 1. The molecule has 0 atom stereocenters. The van der Waals surface area contributed by atoms with Crippen LogP contribution in [-0.4, -0.2) is 23.2 Å². The van der Waals surface area contributed by atoms with E-state index in [0.717, 1.165) is 12.1 Å². The summed E-state index contributed by atoms with van der Waals surface area (Å²) in [5.41, 5.74) is 8.09. The van der Waals surface area contributed by atoms with E-state index in [2.05, 4.69) is 17.1 Å². The monoisotopic (exact) mass is 244 g/mol. The van der Waals surface area contributed by atoms with Crippen LogP contribution >= 0.6 is 0 Å². The lowest BCUT2D eigenvalue weighted by atomic mass is 10.1. The van der Waals surface area contributed by atoms with Crippen molar-refractivity contribution in [2.75, 3.05) is 17.7 Å². The summed E-state index contributed by atoms with van der Waals surface area (Å²) in [5, 5.41) is 6.30. The molecule has 1 aromatic carbocycles. The van der Waals surface area contributed by atoms with E-state index in [1.54, 1.807) is 11.9 Å². The van der Waals surface area contributed by atoms with Crippen LogP contribution in [0.25, 0.3) is 0 Å². The molecule has 3 N–H and O–H groups in total. The van der Waals surface area contributed by atoms with E-state index in [1.807, 2.05) is 24.3 Å². The number of hydrogen-bond acceptors (Lipinski definition) is 3. The van der Waals surface area contributed by atoms with Crippen molar-refractivity contribution in [3.8, 4) is 0 Å². The molecule has 2 rings (SSSR count). The Morgan fingerprint density at radius 2 is 2.06 bits per heavy atom. The molecule has 0 aliphatic rings. The van der Waals surface area contributed by atoms with Crippen LogP contribution in [0.1, 0.15) is 22.8 Å². The molecule has 94 valence electrons. The number of aryl methyl sites for hydroxylation is 1.